The molecule has 0 aliphatic heterocycles. The van der Waals surface area contributed by atoms with Crippen molar-refractivity contribution < 1.29 is 9.47 Å². The molecule has 0 bridgehead atoms. The number of nitrogens with zero attached hydrogens (tertiary/aromatic N) is 2. The van der Waals surface area contributed by atoms with Gasteiger partial charge >= 0.3 is 0 Å². The molecule has 6 heteroatoms. The van der Waals surface area contributed by atoms with Crippen LogP contribution in [0.3, 0.4) is 0 Å². The highest BCUT2D eigenvalue weighted by atomic mass is 16.5. The molecule has 0 radical (unpaired) electrons. The Kier molecular flexibility index (Phi) is 4.09. The first-order chi connectivity index (χ1) is 8.70. The molecular weight excluding hydrogens is 232 g/mol. The lowest BCUT2D eigenvalue weighted by atomic mass is 9.95. The van der Waals surface area contributed by atoms with Crippen LogP contribution < -0.4 is 10.5 Å². The van der Waals surface area contributed by atoms with E-state index in [-0.39, 0.29) is 18.0 Å². The van der Waals surface area contributed by atoms with Crippen molar-refractivity contribution in [2.75, 3.05) is 7.11 Å². The highest BCUT2D eigenvalue weighted by Crippen LogP contribution is 2.25. The topological polar surface area (TPSA) is 94.1 Å². The summed E-state index contributed by atoms with van der Waals surface area (Å²) in [5.41, 5.74) is 5.97. The van der Waals surface area contributed by atoms with Crippen molar-refractivity contribution in [1.82, 2.24) is 10.2 Å². The number of amidine groups is 1. The van der Waals surface area contributed by atoms with Crippen LogP contribution in [0.2, 0.25) is 0 Å². The highest BCUT2D eigenvalue weighted by Gasteiger charge is 2.24. The number of nitrogen functional groups attached to an aromatic ring is 1. The lowest BCUT2D eigenvalue weighted by Crippen LogP contribution is -2.30. The molecule has 1 aliphatic carbocycles. The average molecular weight is 250 g/mol. The number of rotatable bonds is 4. The third-order valence-electron chi connectivity index (χ3n) is 3.17. The first-order valence-electron chi connectivity index (χ1n) is 6.06. The summed E-state index contributed by atoms with van der Waals surface area (Å²) in [5, 5.41) is 15.2. The molecule has 0 amide bonds. The summed E-state index contributed by atoms with van der Waals surface area (Å²) >= 11 is 0. The molecule has 1 heterocycles. The summed E-state index contributed by atoms with van der Waals surface area (Å²) in [4.78, 5) is 0. The Morgan fingerprint density at radius 2 is 2.22 bits per heavy atom. The molecule has 6 nitrogen and oxygen atoms in total. The van der Waals surface area contributed by atoms with E-state index in [1.54, 1.807) is 13.2 Å². The summed E-state index contributed by atoms with van der Waals surface area (Å²) in [6.07, 6.45) is 5.73. The predicted octanol–water partition coefficient (Wildman–Crippen LogP) is 1.10. The number of ether oxygens (including phenoxy) is 2. The second-order valence-electron chi connectivity index (χ2n) is 4.43. The zero-order valence-electron chi connectivity index (χ0n) is 10.4. The van der Waals surface area contributed by atoms with Crippen molar-refractivity contribution in [1.29, 1.82) is 5.41 Å². The summed E-state index contributed by atoms with van der Waals surface area (Å²) in [7, 11) is 1.72. The Balaban J connectivity index is 2.07. The van der Waals surface area contributed by atoms with Crippen LogP contribution in [0.5, 0.6) is 5.88 Å². The van der Waals surface area contributed by atoms with Gasteiger partial charge in [0.15, 0.2) is 0 Å². The fraction of sp³-hybridized carbons (Fsp3) is 0.583. The quantitative estimate of drug-likeness (QED) is 0.616. The van der Waals surface area contributed by atoms with Gasteiger partial charge in [-0.2, -0.15) is 5.10 Å². The summed E-state index contributed by atoms with van der Waals surface area (Å²) < 4.78 is 11.2. The van der Waals surface area contributed by atoms with Crippen molar-refractivity contribution in [3.8, 4) is 5.88 Å². The van der Waals surface area contributed by atoms with Crippen molar-refractivity contribution in [3.63, 3.8) is 0 Å². The number of hydrogen-bond acceptors (Lipinski definition) is 5. The smallest absolute Gasteiger partial charge is 0.244 e. The summed E-state index contributed by atoms with van der Waals surface area (Å²) in [6.45, 7) is 0. The average Bonchev–Trinajstić information content (AvgIpc) is 2.39. The van der Waals surface area contributed by atoms with Gasteiger partial charge in [-0.15, -0.1) is 5.10 Å². The minimum atomic E-state index is -0.0565. The van der Waals surface area contributed by atoms with Gasteiger partial charge in [0.2, 0.25) is 5.88 Å². The van der Waals surface area contributed by atoms with Gasteiger partial charge in [-0.05, 0) is 25.3 Å². The molecular formula is C12H18N4O2. The van der Waals surface area contributed by atoms with Gasteiger partial charge in [-0.1, -0.05) is 0 Å². The van der Waals surface area contributed by atoms with E-state index >= 15 is 0 Å². The first kappa shape index (κ1) is 12.8. The van der Waals surface area contributed by atoms with E-state index < -0.39 is 0 Å². The van der Waals surface area contributed by atoms with Gasteiger partial charge in [-0.3, -0.25) is 5.41 Å². The Labute approximate surface area is 106 Å². The van der Waals surface area contributed by atoms with E-state index in [1.807, 2.05) is 0 Å². The molecule has 2 unspecified atom stereocenters. The maximum atomic E-state index is 7.47. The fourth-order valence-corrected chi connectivity index (χ4v) is 2.19. The standard InChI is InChI=1S/C12H18N4O2/c1-17-8-3-2-4-9(7-8)18-12-10(11(13)14)5-6-15-16-12/h5-6,8-9H,2-4,7H2,1H3,(H3,13,14). The molecule has 1 fully saturated rings. The molecule has 1 aromatic heterocycles. The van der Waals surface area contributed by atoms with E-state index in [9.17, 15) is 0 Å². The van der Waals surface area contributed by atoms with Crippen LogP contribution >= 0.6 is 0 Å². The van der Waals surface area contributed by atoms with Crippen molar-refractivity contribution in [2.24, 2.45) is 5.73 Å². The van der Waals surface area contributed by atoms with Crippen molar-refractivity contribution in [2.45, 2.75) is 37.9 Å². The predicted molar refractivity (Wildman–Crippen MR) is 66.7 cm³/mol. The largest absolute Gasteiger partial charge is 0.473 e. The molecule has 18 heavy (non-hydrogen) atoms. The van der Waals surface area contributed by atoms with Gasteiger partial charge in [0.25, 0.3) is 0 Å². The molecule has 2 atom stereocenters. The minimum absolute atomic E-state index is 0.0542. The molecule has 0 spiro atoms. The molecule has 98 valence electrons. The van der Waals surface area contributed by atoms with E-state index in [4.69, 9.17) is 20.6 Å². The fourth-order valence-electron chi connectivity index (χ4n) is 2.19. The third-order valence-corrected chi connectivity index (χ3v) is 3.17. The monoisotopic (exact) mass is 250 g/mol. The molecule has 0 saturated heterocycles. The van der Waals surface area contributed by atoms with Gasteiger partial charge in [-0.25, -0.2) is 0 Å². The van der Waals surface area contributed by atoms with Gasteiger partial charge < -0.3 is 15.2 Å². The molecule has 3 N–H and O–H groups in total. The summed E-state index contributed by atoms with van der Waals surface area (Å²) in [5.74, 6) is 0.283. The second-order valence-corrected chi connectivity index (χ2v) is 4.43. The molecule has 2 rings (SSSR count). The second kappa shape index (κ2) is 5.77. The maximum Gasteiger partial charge on any atom is 0.244 e. The zero-order chi connectivity index (χ0) is 13.0. The first-order valence-corrected chi connectivity index (χ1v) is 6.06. The normalized spacial score (nSPS) is 23.6. The van der Waals surface area contributed by atoms with Gasteiger partial charge in [0, 0.05) is 13.5 Å². The van der Waals surface area contributed by atoms with Gasteiger partial charge in [0.05, 0.1) is 17.9 Å². The van der Waals surface area contributed by atoms with Gasteiger partial charge in [0.1, 0.15) is 11.9 Å². The van der Waals surface area contributed by atoms with Crippen LogP contribution in [-0.4, -0.2) is 35.4 Å². The van der Waals surface area contributed by atoms with Crippen molar-refractivity contribution in [3.05, 3.63) is 17.8 Å². The molecule has 1 saturated carbocycles. The number of aromatic nitrogens is 2. The zero-order valence-corrected chi connectivity index (χ0v) is 10.4. The third kappa shape index (κ3) is 2.95. The van der Waals surface area contributed by atoms with Crippen LogP contribution in [0.1, 0.15) is 31.2 Å². The van der Waals surface area contributed by atoms with E-state index in [1.165, 1.54) is 6.20 Å². The van der Waals surface area contributed by atoms with Crippen LogP contribution in [0.15, 0.2) is 12.3 Å². The highest BCUT2D eigenvalue weighted by molar-refractivity contribution is 5.96. The SMILES string of the molecule is COC1CCCC(Oc2nnccc2C(=N)N)C1. The van der Waals surface area contributed by atoms with Crippen LogP contribution in [0.4, 0.5) is 0 Å². The van der Waals surface area contributed by atoms with E-state index in [0.29, 0.717) is 11.4 Å². The van der Waals surface area contributed by atoms with Crippen LogP contribution in [0.25, 0.3) is 0 Å². The lowest BCUT2D eigenvalue weighted by Gasteiger charge is -2.28. The molecule has 1 aromatic rings. The Morgan fingerprint density at radius 1 is 1.44 bits per heavy atom. The lowest BCUT2D eigenvalue weighted by molar-refractivity contribution is 0.0191. The molecule has 1 aliphatic rings. The van der Waals surface area contributed by atoms with Crippen LogP contribution in [0, 0.1) is 5.41 Å². The Morgan fingerprint density at radius 3 is 2.94 bits per heavy atom. The number of nitrogens with one attached hydrogen (secondary N) is 1. The Bertz CT molecular complexity index is 424. The number of methoxy groups -OCH3 is 1. The summed E-state index contributed by atoms with van der Waals surface area (Å²) in [6, 6.07) is 1.64. The minimum Gasteiger partial charge on any atom is -0.473 e. The molecule has 0 aromatic carbocycles. The van der Waals surface area contributed by atoms with Crippen LogP contribution in [-0.2, 0) is 4.74 Å². The Hall–Kier alpha value is -1.69. The number of hydrogen-bond donors (Lipinski definition) is 2. The van der Waals surface area contributed by atoms with Crippen molar-refractivity contribution >= 4 is 5.84 Å². The van der Waals surface area contributed by atoms with E-state index in [0.717, 1.165) is 25.7 Å². The van der Waals surface area contributed by atoms with E-state index in [2.05, 4.69) is 10.2 Å². The number of nitrogens with two attached hydrogens (primary N) is 1. The maximum absolute atomic E-state index is 7.47.